The van der Waals surface area contributed by atoms with Crippen LogP contribution >= 0.6 is 39.3 Å². The molecule has 0 radical (unpaired) electrons. The second kappa shape index (κ2) is 9.43. The number of carbonyl (C=O) groups excluding carboxylic acids is 3. The van der Waals surface area contributed by atoms with Gasteiger partial charge in [0.25, 0.3) is 11.1 Å². The Bertz CT molecular complexity index is 1040. The topological polar surface area (TPSA) is 66.5 Å². The van der Waals surface area contributed by atoms with E-state index in [1.165, 1.54) is 0 Å². The van der Waals surface area contributed by atoms with E-state index < -0.39 is 17.1 Å². The first-order valence-electron chi connectivity index (χ1n) is 8.57. The average molecular weight is 492 g/mol. The van der Waals surface area contributed by atoms with Crippen LogP contribution in [0.25, 0.3) is 6.08 Å². The molecule has 1 saturated heterocycles. The third kappa shape index (κ3) is 5.59. The van der Waals surface area contributed by atoms with Gasteiger partial charge in [-0.25, -0.2) is 0 Å². The fourth-order valence-electron chi connectivity index (χ4n) is 2.61. The molecule has 148 valence electrons. The van der Waals surface area contributed by atoms with E-state index in [1.807, 2.05) is 43.3 Å². The van der Waals surface area contributed by atoms with Gasteiger partial charge in [0.15, 0.2) is 0 Å². The highest BCUT2D eigenvalue weighted by molar-refractivity contribution is 9.10. The van der Waals surface area contributed by atoms with Crippen molar-refractivity contribution in [2.45, 2.75) is 6.92 Å². The molecule has 3 amide bonds. The van der Waals surface area contributed by atoms with Gasteiger partial charge in [-0.15, -0.1) is 0 Å². The fraction of sp³-hybridized carbons (Fsp3) is 0.0952. The molecule has 3 rings (SSSR count). The lowest BCUT2D eigenvalue weighted by Crippen LogP contribution is -2.36. The van der Waals surface area contributed by atoms with Gasteiger partial charge in [0.05, 0.1) is 9.93 Å². The monoisotopic (exact) mass is 490 g/mol. The summed E-state index contributed by atoms with van der Waals surface area (Å²) in [4.78, 5) is 38.3. The zero-order valence-corrected chi connectivity index (χ0v) is 18.5. The van der Waals surface area contributed by atoms with Crippen LogP contribution in [0.3, 0.4) is 0 Å². The first-order chi connectivity index (χ1) is 13.8. The summed E-state index contributed by atoms with van der Waals surface area (Å²) in [5.41, 5.74) is 2.30. The summed E-state index contributed by atoms with van der Waals surface area (Å²) in [7, 11) is 0. The van der Waals surface area contributed by atoms with Crippen LogP contribution in [0.5, 0.6) is 0 Å². The number of amides is 3. The second-order valence-electron chi connectivity index (χ2n) is 6.24. The number of thioether (sulfide) groups is 1. The molecule has 0 bridgehead atoms. The summed E-state index contributed by atoms with van der Waals surface area (Å²) in [5.74, 6) is -0.965. The molecule has 0 atom stereocenters. The molecular formula is C21H16BrClN2O3S. The van der Waals surface area contributed by atoms with Crippen LogP contribution in [-0.2, 0) is 9.59 Å². The molecule has 2 aromatic rings. The second-order valence-corrected chi connectivity index (χ2v) is 8.50. The Morgan fingerprint density at radius 2 is 1.93 bits per heavy atom. The van der Waals surface area contributed by atoms with Crippen LogP contribution in [0.15, 0.2) is 69.6 Å². The Labute approximate surface area is 185 Å². The summed E-state index contributed by atoms with van der Waals surface area (Å²) >= 11 is 10.1. The van der Waals surface area contributed by atoms with Crippen molar-refractivity contribution in [1.82, 2.24) is 4.90 Å². The summed E-state index contributed by atoms with van der Waals surface area (Å²) < 4.78 is 0.701. The maximum absolute atomic E-state index is 12.6. The van der Waals surface area contributed by atoms with Gasteiger partial charge in [0.1, 0.15) is 6.54 Å². The Kier molecular flexibility index (Phi) is 6.95. The molecule has 0 unspecified atom stereocenters. The maximum atomic E-state index is 12.6. The predicted octanol–water partition coefficient (Wildman–Crippen LogP) is 5.72. The van der Waals surface area contributed by atoms with Crippen molar-refractivity contribution in [3.8, 4) is 0 Å². The Balaban J connectivity index is 1.67. The summed E-state index contributed by atoms with van der Waals surface area (Å²) in [6, 6.07) is 14.6. The number of rotatable bonds is 5. The molecule has 0 aromatic heterocycles. The number of hydrogen-bond acceptors (Lipinski definition) is 4. The van der Waals surface area contributed by atoms with Crippen LogP contribution in [-0.4, -0.2) is 28.5 Å². The average Bonchev–Trinajstić information content (AvgIpc) is 2.93. The summed E-state index contributed by atoms with van der Waals surface area (Å²) in [6.45, 7) is 1.49. The Morgan fingerprint density at radius 3 is 2.62 bits per heavy atom. The van der Waals surface area contributed by atoms with Crippen molar-refractivity contribution in [3.63, 3.8) is 0 Å². The molecule has 29 heavy (non-hydrogen) atoms. The standard InChI is InChI=1S/C21H16BrClN2O3S/c1-13(9-14-5-3-2-4-6-14)10-18-20(27)25(21(28)29-18)12-19(26)24-15-7-8-16(22)17(23)11-15/h2-11H,12H2,1H3,(H,24,26)/b13-9+,18-10+. The zero-order chi connectivity index (χ0) is 21.0. The first-order valence-corrected chi connectivity index (χ1v) is 10.6. The van der Waals surface area contributed by atoms with Gasteiger partial charge in [0.2, 0.25) is 5.91 Å². The molecule has 8 heteroatoms. The number of benzene rings is 2. The molecule has 1 aliphatic rings. The number of carbonyl (C=O) groups is 3. The van der Waals surface area contributed by atoms with Crippen molar-refractivity contribution in [1.29, 1.82) is 0 Å². The van der Waals surface area contributed by atoms with Gasteiger partial charge >= 0.3 is 0 Å². The van der Waals surface area contributed by atoms with Crippen LogP contribution in [0.2, 0.25) is 5.02 Å². The smallest absolute Gasteiger partial charge is 0.294 e. The van der Waals surface area contributed by atoms with Crippen molar-refractivity contribution in [3.05, 3.63) is 80.1 Å². The highest BCUT2D eigenvalue weighted by Crippen LogP contribution is 2.32. The van der Waals surface area contributed by atoms with Crippen molar-refractivity contribution >= 4 is 68.1 Å². The molecule has 0 spiro atoms. The fourth-order valence-corrected chi connectivity index (χ4v) is 3.93. The summed E-state index contributed by atoms with van der Waals surface area (Å²) in [5, 5.41) is 2.60. The predicted molar refractivity (Wildman–Crippen MR) is 121 cm³/mol. The van der Waals surface area contributed by atoms with E-state index >= 15 is 0 Å². The Morgan fingerprint density at radius 1 is 1.21 bits per heavy atom. The van der Waals surface area contributed by atoms with Gasteiger partial charge in [-0.3, -0.25) is 19.3 Å². The largest absolute Gasteiger partial charge is 0.324 e. The van der Waals surface area contributed by atoms with Gasteiger partial charge in [-0.05, 0) is 70.0 Å². The van der Waals surface area contributed by atoms with E-state index in [0.29, 0.717) is 20.1 Å². The lowest BCUT2D eigenvalue weighted by Gasteiger charge is -2.12. The van der Waals surface area contributed by atoms with Crippen molar-refractivity contribution in [2.75, 3.05) is 11.9 Å². The number of hydrogen-bond donors (Lipinski definition) is 1. The minimum Gasteiger partial charge on any atom is -0.324 e. The number of nitrogens with zero attached hydrogens (tertiary/aromatic N) is 1. The van der Waals surface area contributed by atoms with Crippen molar-refractivity contribution < 1.29 is 14.4 Å². The number of anilines is 1. The van der Waals surface area contributed by atoms with E-state index in [1.54, 1.807) is 24.3 Å². The normalized spacial score (nSPS) is 15.9. The Hall–Kier alpha value is -2.35. The number of allylic oxidation sites excluding steroid dienone is 2. The molecular weight excluding hydrogens is 476 g/mol. The van der Waals surface area contributed by atoms with Gasteiger partial charge < -0.3 is 5.32 Å². The van der Waals surface area contributed by atoms with E-state index in [0.717, 1.165) is 27.8 Å². The minimum absolute atomic E-state index is 0.291. The molecule has 0 aliphatic carbocycles. The molecule has 1 fully saturated rings. The summed E-state index contributed by atoms with van der Waals surface area (Å²) in [6.07, 6.45) is 3.57. The lowest BCUT2D eigenvalue weighted by molar-refractivity contribution is -0.127. The SMILES string of the molecule is CC(=C\c1ccccc1)/C=C1/SC(=O)N(CC(=O)Nc2ccc(Br)c(Cl)c2)C1=O. The van der Waals surface area contributed by atoms with Gasteiger partial charge in [-0.2, -0.15) is 0 Å². The number of nitrogens with one attached hydrogen (secondary N) is 1. The minimum atomic E-state index is -0.483. The maximum Gasteiger partial charge on any atom is 0.294 e. The van der Waals surface area contributed by atoms with Crippen molar-refractivity contribution in [2.24, 2.45) is 0 Å². The van der Waals surface area contributed by atoms with E-state index in [2.05, 4.69) is 21.2 Å². The first kappa shape index (κ1) is 21.4. The highest BCUT2D eigenvalue weighted by atomic mass is 79.9. The lowest BCUT2D eigenvalue weighted by atomic mass is 10.1. The van der Waals surface area contributed by atoms with Gasteiger partial charge in [0, 0.05) is 10.2 Å². The van der Waals surface area contributed by atoms with Crippen LogP contribution in [0.1, 0.15) is 12.5 Å². The third-order valence-corrected chi connectivity index (χ3v) is 6.07. The van der Waals surface area contributed by atoms with Crippen LogP contribution in [0.4, 0.5) is 10.5 Å². The molecule has 0 saturated carbocycles. The third-order valence-electron chi connectivity index (χ3n) is 3.93. The molecule has 1 aliphatic heterocycles. The molecule has 2 aromatic carbocycles. The van der Waals surface area contributed by atoms with E-state index in [4.69, 9.17) is 11.6 Å². The quantitative estimate of drug-likeness (QED) is 0.543. The molecule has 1 heterocycles. The van der Waals surface area contributed by atoms with E-state index in [9.17, 15) is 14.4 Å². The van der Waals surface area contributed by atoms with Crippen LogP contribution in [0, 0.1) is 0 Å². The highest BCUT2D eigenvalue weighted by Gasteiger charge is 2.36. The molecule has 1 N–H and O–H groups in total. The molecule has 5 nitrogen and oxygen atoms in total. The number of imide groups is 1. The zero-order valence-electron chi connectivity index (χ0n) is 15.3. The van der Waals surface area contributed by atoms with Crippen LogP contribution < -0.4 is 5.32 Å². The van der Waals surface area contributed by atoms with E-state index in [-0.39, 0.29) is 6.54 Å². The number of halogens is 2. The van der Waals surface area contributed by atoms with Gasteiger partial charge in [-0.1, -0.05) is 48.0 Å².